The summed E-state index contributed by atoms with van der Waals surface area (Å²) in [6.07, 6.45) is 1.51. The third kappa shape index (κ3) is 13.1. The van der Waals surface area contributed by atoms with Crippen molar-refractivity contribution in [2.24, 2.45) is 33.7 Å². The Labute approximate surface area is 457 Å². The molecule has 0 saturated carbocycles. The minimum absolute atomic E-state index is 0.0274. The SMILES string of the molecule is C[C@@H](O)[C@@H]1NC(=O)[C@H]2NC(=O)[C@H](CCC(N)=O)NC(=O)[C@@H](N)Cc3c[nH]c4c(cccc34)O[C@@H]2c2c[nH]c3cc(ccc23)[C@H](CCCN)[C@@H](C(=O)N[C@@H](CCCN=C(N)N)C(=O)N[C@@H](Cc2c[nH]c3ccccc23)C(=O)O)NC1=O. The molecule has 7 amide bonds. The van der Waals surface area contributed by atoms with Crippen LogP contribution in [0.4, 0.5) is 0 Å². The molecule has 3 aliphatic heterocycles. The molecule has 0 unspecified atom stereocenters. The number of nitrogens with zero attached hydrogens (tertiary/aromatic N) is 1. The number of carboxylic acids is 1. The molecule has 21 N–H and O–H groups in total. The smallest absolute Gasteiger partial charge is 0.326 e. The summed E-state index contributed by atoms with van der Waals surface area (Å²) in [4.78, 5) is 126. The van der Waals surface area contributed by atoms with E-state index >= 15 is 9.59 Å². The molecule has 6 heterocycles. The van der Waals surface area contributed by atoms with E-state index in [0.29, 0.717) is 50.5 Å². The highest BCUT2D eigenvalue weighted by Crippen LogP contribution is 2.38. The number of rotatable bonds is 18. The molecule has 26 heteroatoms. The molecule has 3 aliphatic rings. The fourth-order valence-corrected chi connectivity index (χ4v) is 10.4. The van der Waals surface area contributed by atoms with Crippen LogP contribution in [-0.4, -0.2) is 140 Å². The van der Waals surface area contributed by atoms with Crippen molar-refractivity contribution in [3.63, 3.8) is 0 Å². The summed E-state index contributed by atoms with van der Waals surface area (Å²) in [5, 5.41) is 39.6. The van der Waals surface area contributed by atoms with E-state index in [1.165, 1.54) is 6.92 Å². The van der Waals surface area contributed by atoms with Gasteiger partial charge in [-0.05, 0) is 86.9 Å². The molecule has 26 nitrogen and oxygen atoms in total. The number of nitrogens with two attached hydrogens (primary N) is 5. The number of primary amides is 1. The van der Waals surface area contributed by atoms with Crippen LogP contribution in [0.2, 0.25) is 0 Å². The summed E-state index contributed by atoms with van der Waals surface area (Å²) < 4.78 is 6.84. The number of nitrogens with one attached hydrogen (secondary N) is 9. The van der Waals surface area contributed by atoms with Crippen LogP contribution in [0, 0.1) is 0 Å². The average molecular weight is 1100 g/mol. The predicted molar refractivity (Wildman–Crippen MR) is 294 cm³/mol. The number of carboxylic acid groups (broad SMARTS) is 1. The first-order valence-electron chi connectivity index (χ1n) is 26.3. The van der Waals surface area contributed by atoms with E-state index < -0.39 is 108 Å². The van der Waals surface area contributed by atoms with Crippen molar-refractivity contribution in [2.75, 3.05) is 13.1 Å². The predicted octanol–water partition coefficient (Wildman–Crippen LogP) is -1.09. The molecule has 10 atom stereocenters. The maximum Gasteiger partial charge on any atom is 0.326 e. The Morgan fingerprint density at radius 2 is 1.55 bits per heavy atom. The maximum atomic E-state index is 15.2. The Morgan fingerprint density at radius 3 is 2.29 bits per heavy atom. The number of fused-ring (bicyclic) bond motifs is 8. The van der Waals surface area contributed by atoms with Gasteiger partial charge in [0.2, 0.25) is 41.4 Å². The van der Waals surface area contributed by atoms with E-state index in [1.54, 1.807) is 61.1 Å². The lowest BCUT2D eigenvalue weighted by atomic mass is 9.85. The Bertz CT molecular complexity index is 3330. The number of aromatic amines is 3. The summed E-state index contributed by atoms with van der Waals surface area (Å²) >= 11 is 0. The van der Waals surface area contributed by atoms with Gasteiger partial charge in [0.1, 0.15) is 42.0 Å². The van der Waals surface area contributed by atoms with Crippen molar-refractivity contribution < 1.29 is 53.3 Å². The number of amides is 7. The van der Waals surface area contributed by atoms with Crippen LogP contribution in [0.3, 0.4) is 0 Å². The lowest BCUT2D eigenvalue weighted by Gasteiger charge is -2.34. The zero-order valence-corrected chi connectivity index (χ0v) is 43.8. The lowest BCUT2D eigenvalue weighted by Crippen LogP contribution is -2.63. The van der Waals surface area contributed by atoms with Gasteiger partial charge in [0.05, 0.1) is 17.7 Å². The zero-order chi connectivity index (χ0) is 57.4. The fraction of sp³-hybridized carbons (Fsp3) is 0.389. The Hall–Kier alpha value is -9.01. The van der Waals surface area contributed by atoms with Gasteiger partial charge in [-0.2, -0.15) is 0 Å². The van der Waals surface area contributed by atoms with Crippen molar-refractivity contribution in [1.29, 1.82) is 0 Å². The number of carbonyl (C=O) groups is 8. The van der Waals surface area contributed by atoms with Crippen LogP contribution >= 0.6 is 0 Å². The fourth-order valence-electron chi connectivity index (χ4n) is 10.4. The van der Waals surface area contributed by atoms with Gasteiger partial charge in [-0.1, -0.05) is 42.5 Å². The summed E-state index contributed by atoms with van der Waals surface area (Å²) in [6.45, 7) is 1.40. The second-order valence-electron chi connectivity index (χ2n) is 20.2. The highest BCUT2D eigenvalue weighted by molar-refractivity contribution is 5.99. The van der Waals surface area contributed by atoms with Gasteiger partial charge < -0.3 is 90.5 Å². The topological polar surface area (TPSA) is 448 Å². The molecule has 6 aromatic rings. The van der Waals surface area contributed by atoms with Crippen LogP contribution in [-0.2, 0) is 51.2 Å². The summed E-state index contributed by atoms with van der Waals surface area (Å²) in [5.74, 6) is -8.68. The molecule has 8 bridgehead atoms. The highest BCUT2D eigenvalue weighted by Gasteiger charge is 2.42. The molecule has 9 rings (SSSR count). The zero-order valence-electron chi connectivity index (χ0n) is 43.8. The number of aliphatic carboxylic acids is 1. The molecule has 0 fully saturated rings. The van der Waals surface area contributed by atoms with E-state index in [2.05, 4.69) is 51.8 Å². The minimum atomic E-state index is -1.86. The third-order valence-corrected chi connectivity index (χ3v) is 14.5. The lowest BCUT2D eigenvalue weighted by molar-refractivity contribution is -0.142. The van der Waals surface area contributed by atoms with Gasteiger partial charge in [0.15, 0.2) is 12.1 Å². The van der Waals surface area contributed by atoms with Gasteiger partial charge in [-0.3, -0.25) is 38.6 Å². The molecule has 3 aromatic carbocycles. The Balaban J connectivity index is 1.21. The summed E-state index contributed by atoms with van der Waals surface area (Å²) in [5.41, 5.74) is 32.9. The quantitative estimate of drug-likeness (QED) is 0.0276. The number of para-hydroxylation sites is 2. The van der Waals surface area contributed by atoms with Crippen LogP contribution in [0.25, 0.3) is 32.7 Å². The van der Waals surface area contributed by atoms with Crippen LogP contribution in [0.1, 0.15) is 79.7 Å². The molecule has 0 aliphatic carbocycles. The second-order valence-corrected chi connectivity index (χ2v) is 20.2. The van der Waals surface area contributed by atoms with E-state index in [9.17, 15) is 39.0 Å². The first-order chi connectivity index (χ1) is 38.3. The average Bonchev–Trinajstić information content (AvgIpc) is 4.25. The second kappa shape index (κ2) is 25.2. The maximum absolute atomic E-state index is 15.2. The monoisotopic (exact) mass is 1100 g/mol. The first kappa shape index (κ1) is 57.2. The number of hydrogen-bond donors (Lipinski definition) is 16. The highest BCUT2D eigenvalue weighted by atomic mass is 16.5. The van der Waals surface area contributed by atoms with Crippen molar-refractivity contribution in [3.05, 3.63) is 102 Å². The number of ether oxygens (including phenoxy) is 1. The van der Waals surface area contributed by atoms with Gasteiger partial charge in [0, 0.05) is 76.7 Å². The molecular weight excluding hydrogens is 1030 g/mol. The normalized spacial score (nSPS) is 21.9. The number of hydrogen-bond acceptors (Lipinski definition) is 13. The number of benzene rings is 3. The van der Waals surface area contributed by atoms with Crippen molar-refractivity contribution in [2.45, 2.75) is 119 Å². The number of aromatic nitrogens is 3. The largest absolute Gasteiger partial charge is 0.481 e. The van der Waals surface area contributed by atoms with Crippen LogP contribution in [0.5, 0.6) is 5.75 Å². The van der Waals surface area contributed by atoms with Gasteiger partial charge >= 0.3 is 5.97 Å². The van der Waals surface area contributed by atoms with E-state index in [1.807, 2.05) is 18.2 Å². The number of carbonyl (C=O) groups excluding carboxylic acids is 7. The standard InChI is InChI=1S/C54H67N15O11/c1-25(70)42-50(75)68-44(51(76)65-36(11-6-18-60-54(58)59)48(73)66-39(53(78)79)21-28-22-61-35-10-3-2-7-29(28)35)30(9-5-17-55)26-13-14-32-33(24-62-38(32)20-26)46-45(52(77)67-42)69-49(74)37(15-16-41(57)71)64-47(72)34(56)19-27-23-63-43-31(27)8-4-12-40(43)80-46/h2-4,7-8,10,12-14,20,22-25,30,34,36-37,39,42,44-46,61-63,70H,5-6,9,11,15-19,21,55-56H2,1H3,(H2,57,71)(H,64,72)(H,65,76)(H,66,73)(H,67,77)(H,68,75)(H,69,74)(H,78,79)(H4,58,59,60)/t25-,30+,34+,36+,37+,39+,42+,44+,45+,46-/m1/s1. The number of aliphatic hydroxyl groups excluding tert-OH is 1. The van der Waals surface area contributed by atoms with Crippen molar-refractivity contribution in [1.82, 2.24) is 46.9 Å². The van der Waals surface area contributed by atoms with E-state index in [4.69, 9.17) is 33.4 Å². The van der Waals surface area contributed by atoms with Crippen molar-refractivity contribution >= 4 is 86.0 Å². The van der Waals surface area contributed by atoms with Crippen LogP contribution < -0.4 is 65.3 Å². The Morgan fingerprint density at radius 1 is 0.787 bits per heavy atom. The molecule has 3 aromatic heterocycles. The Kier molecular flexibility index (Phi) is 18.0. The van der Waals surface area contributed by atoms with Gasteiger partial charge in [0.25, 0.3) is 0 Å². The van der Waals surface area contributed by atoms with Gasteiger partial charge in [-0.15, -0.1) is 0 Å². The van der Waals surface area contributed by atoms with Crippen molar-refractivity contribution in [3.8, 4) is 5.75 Å². The molecule has 424 valence electrons. The van der Waals surface area contributed by atoms with E-state index in [-0.39, 0.29) is 69.7 Å². The molecule has 0 saturated heterocycles. The number of aliphatic imine (C=N–C) groups is 1. The summed E-state index contributed by atoms with van der Waals surface area (Å²) in [6, 6.07) is 6.74. The first-order valence-corrected chi connectivity index (χ1v) is 26.3. The number of guanidine groups is 1. The van der Waals surface area contributed by atoms with E-state index in [0.717, 1.165) is 10.9 Å². The molecule has 0 spiro atoms. The van der Waals surface area contributed by atoms with Gasteiger partial charge in [-0.25, -0.2) is 4.79 Å². The molecule has 80 heavy (non-hydrogen) atoms. The molecular formula is C54H67N15O11. The number of H-pyrrole nitrogens is 3. The molecule has 0 radical (unpaired) electrons. The number of aliphatic hydroxyl groups is 1. The minimum Gasteiger partial charge on any atom is -0.481 e. The summed E-state index contributed by atoms with van der Waals surface area (Å²) in [7, 11) is 0. The van der Waals surface area contributed by atoms with Crippen LogP contribution in [0.15, 0.2) is 84.2 Å². The third-order valence-electron chi connectivity index (χ3n) is 14.5.